The minimum Gasteiger partial charge on any atom is -0.396 e. The van der Waals surface area contributed by atoms with E-state index in [2.05, 4.69) is 11.8 Å². The zero-order valence-electron chi connectivity index (χ0n) is 10.3. The summed E-state index contributed by atoms with van der Waals surface area (Å²) in [5, 5.41) is 9.22. The van der Waals surface area contributed by atoms with E-state index >= 15 is 0 Å². The molecule has 0 amide bonds. The zero-order chi connectivity index (χ0) is 11.3. The van der Waals surface area contributed by atoms with Crippen molar-refractivity contribution in [3.8, 4) is 0 Å². The molecule has 1 unspecified atom stereocenters. The molecule has 1 N–H and O–H groups in total. The molecule has 0 aromatic rings. The van der Waals surface area contributed by atoms with E-state index in [1.165, 1.54) is 12.8 Å². The second kappa shape index (κ2) is 5.83. The monoisotopic (exact) mass is 215 g/mol. The Morgan fingerprint density at radius 2 is 2.07 bits per heavy atom. The third kappa shape index (κ3) is 3.44. The molecule has 0 bridgehead atoms. The normalized spacial score (nSPS) is 29.2. The fraction of sp³-hybridized carbons (Fsp3) is 1.00. The van der Waals surface area contributed by atoms with Gasteiger partial charge in [-0.2, -0.15) is 0 Å². The molecule has 0 spiro atoms. The first kappa shape index (κ1) is 12.9. The smallest absolute Gasteiger partial charge is 0.0619 e. The Balaban J connectivity index is 0.000000531. The fourth-order valence-corrected chi connectivity index (χ4v) is 1.97. The van der Waals surface area contributed by atoms with Crippen molar-refractivity contribution in [1.82, 2.24) is 4.90 Å². The van der Waals surface area contributed by atoms with Crippen molar-refractivity contribution in [3.63, 3.8) is 0 Å². The van der Waals surface area contributed by atoms with E-state index in [1.54, 1.807) is 0 Å². The molecule has 15 heavy (non-hydrogen) atoms. The molecule has 0 aromatic carbocycles. The molecule has 1 saturated heterocycles. The molecule has 90 valence electrons. The van der Waals surface area contributed by atoms with Gasteiger partial charge in [-0.3, -0.25) is 4.90 Å². The van der Waals surface area contributed by atoms with E-state index in [4.69, 9.17) is 4.74 Å². The summed E-state index contributed by atoms with van der Waals surface area (Å²) in [7, 11) is 0. The largest absolute Gasteiger partial charge is 0.396 e. The number of morpholine rings is 1. The fourth-order valence-electron chi connectivity index (χ4n) is 1.97. The number of hydrogen-bond donors (Lipinski definition) is 1. The molecule has 1 atom stereocenters. The predicted molar refractivity (Wildman–Crippen MR) is 62.0 cm³/mol. The van der Waals surface area contributed by atoms with E-state index in [9.17, 15) is 5.11 Å². The van der Waals surface area contributed by atoms with Crippen molar-refractivity contribution < 1.29 is 9.84 Å². The minimum atomic E-state index is 0.256. The lowest BCUT2D eigenvalue weighted by Gasteiger charge is -2.35. The average molecular weight is 215 g/mol. The molecule has 1 heterocycles. The Bertz CT molecular complexity index is 180. The third-order valence-electron chi connectivity index (χ3n) is 3.34. The van der Waals surface area contributed by atoms with Crippen LogP contribution in [0.2, 0.25) is 0 Å². The summed E-state index contributed by atoms with van der Waals surface area (Å²) in [4.78, 5) is 2.45. The van der Waals surface area contributed by atoms with Crippen LogP contribution in [0.1, 0.15) is 33.6 Å². The topological polar surface area (TPSA) is 32.7 Å². The van der Waals surface area contributed by atoms with Gasteiger partial charge >= 0.3 is 0 Å². The molecular formula is C12H25NO2. The highest BCUT2D eigenvalue weighted by molar-refractivity contribution is 4.96. The van der Waals surface area contributed by atoms with Gasteiger partial charge in [-0.1, -0.05) is 13.8 Å². The van der Waals surface area contributed by atoms with Crippen LogP contribution in [-0.2, 0) is 4.74 Å². The van der Waals surface area contributed by atoms with E-state index in [0.717, 1.165) is 26.3 Å². The zero-order valence-corrected chi connectivity index (χ0v) is 10.3. The van der Waals surface area contributed by atoms with Crippen molar-refractivity contribution in [2.45, 2.75) is 39.7 Å². The van der Waals surface area contributed by atoms with Gasteiger partial charge in [0.25, 0.3) is 0 Å². The summed E-state index contributed by atoms with van der Waals surface area (Å²) in [6.45, 7) is 10.4. The highest BCUT2D eigenvalue weighted by Gasteiger charge is 2.44. The van der Waals surface area contributed by atoms with Crippen molar-refractivity contribution in [2.75, 3.05) is 32.9 Å². The molecule has 2 fully saturated rings. The second-order valence-electron chi connectivity index (χ2n) is 4.55. The van der Waals surface area contributed by atoms with Crippen LogP contribution in [0, 0.1) is 5.41 Å². The predicted octanol–water partition coefficient (Wildman–Crippen LogP) is 1.51. The van der Waals surface area contributed by atoms with Crippen LogP contribution in [-0.4, -0.2) is 49.0 Å². The maximum Gasteiger partial charge on any atom is 0.0619 e. The molecule has 1 aliphatic heterocycles. The molecular weight excluding hydrogens is 190 g/mol. The Kier molecular flexibility index (Phi) is 5.03. The molecule has 0 aromatic heterocycles. The summed E-state index contributed by atoms with van der Waals surface area (Å²) >= 11 is 0. The van der Waals surface area contributed by atoms with Crippen molar-refractivity contribution in [2.24, 2.45) is 5.41 Å². The van der Waals surface area contributed by atoms with Gasteiger partial charge in [0.05, 0.1) is 13.2 Å². The van der Waals surface area contributed by atoms with E-state index in [0.29, 0.717) is 12.6 Å². The van der Waals surface area contributed by atoms with Gasteiger partial charge in [0, 0.05) is 31.2 Å². The first-order valence-corrected chi connectivity index (χ1v) is 6.18. The Hall–Kier alpha value is -0.120. The summed E-state index contributed by atoms with van der Waals surface area (Å²) in [5.74, 6) is 0. The molecule has 2 rings (SSSR count). The number of nitrogens with zero attached hydrogens (tertiary/aromatic N) is 1. The van der Waals surface area contributed by atoms with Gasteiger partial charge < -0.3 is 9.84 Å². The molecule has 0 radical (unpaired) electrons. The average Bonchev–Trinajstić information content (AvgIpc) is 3.05. The summed E-state index contributed by atoms with van der Waals surface area (Å²) < 4.78 is 5.38. The van der Waals surface area contributed by atoms with E-state index in [-0.39, 0.29) is 5.41 Å². The van der Waals surface area contributed by atoms with Crippen molar-refractivity contribution >= 4 is 0 Å². The maximum absolute atomic E-state index is 9.22. The highest BCUT2D eigenvalue weighted by atomic mass is 16.5. The molecule has 2 aliphatic rings. The van der Waals surface area contributed by atoms with Crippen LogP contribution < -0.4 is 0 Å². The molecule has 3 nitrogen and oxygen atoms in total. The van der Waals surface area contributed by atoms with Gasteiger partial charge in [-0.25, -0.2) is 0 Å². The van der Waals surface area contributed by atoms with Crippen LogP contribution in [0.15, 0.2) is 0 Å². The van der Waals surface area contributed by atoms with Crippen LogP contribution in [0.3, 0.4) is 0 Å². The quantitative estimate of drug-likeness (QED) is 0.774. The van der Waals surface area contributed by atoms with Gasteiger partial charge in [0.1, 0.15) is 0 Å². The molecule has 1 saturated carbocycles. The Morgan fingerprint density at radius 1 is 1.40 bits per heavy atom. The second-order valence-corrected chi connectivity index (χ2v) is 4.55. The van der Waals surface area contributed by atoms with Gasteiger partial charge in [0.15, 0.2) is 0 Å². The summed E-state index contributed by atoms with van der Waals surface area (Å²) in [6, 6.07) is 0.526. The van der Waals surface area contributed by atoms with Crippen molar-refractivity contribution in [1.29, 1.82) is 0 Å². The van der Waals surface area contributed by atoms with Gasteiger partial charge in [-0.15, -0.1) is 0 Å². The number of aliphatic hydroxyl groups is 1. The Labute approximate surface area is 93.4 Å². The van der Waals surface area contributed by atoms with E-state index in [1.807, 2.05) is 13.8 Å². The number of rotatable bonds is 3. The summed E-state index contributed by atoms with van der Waals surface area (Å²) in [6.07, 6.45) is 2.40. The first-order chi connectivity index (χ1) is 7.26. The Morgan fingerprint density at radius 3 is 2.53 bits per heavy atom. The maximum atomic E-state index is 9.22. The first-order valence-electron chi connectivity index (χ1n) is 6.18. The SMILES string of the molecule is CC.CC1COCCN1CC1(CO)CC1. The number of hydrogen-bond acceptors (Lipinski definition) is 3. The van der Waals surface area contributed by atoms with Crippen LogP contribution in [0.25, 0.3) is 0 Å². The van der Waals surface area contributed by atoms with Gasteiger partial charge in [0.2, 0.25) is 0 Å². The van der Waals surface area contributed by atoms with Crippen LogP contribution in [0.5, 0.6) is 0 Å². The number of ether oxygens (including phenoxy) is 1. The molecule has 3 heteroatoms. The summed E-state index contributed by atoms with van der Waals surface area (Å²) in [5.41, 5.74) is 0.256. The third-order valence-corrected chi connectivity index (χ3v) is 3.34. The lowest BCUT2D eigenvalue weighted by atomic mass is 10.1. The number of aliphatic hydroxyl groups excluding tert-OH is 1. The van der Waals surface area contributed by atoms with Gasteiger partial charge in [-0.05, 0) is 19.8 Å². The van der Waals surface area contributed by atoms with Crippen molar-refractivity contribution in [3.05, 3.63) is 0 Å². The van der Waals surface area contributed by atoms with E-state index < -0.39 is 0 Å². The lowest BCUT2D eigenvalue weighted by molar-refractivity contribution is -0.0142. The standard InChI is InChI=1S/C10H19NO2.C2H6/c1-9-6-13-5-4-11(9)7-10(8-12)2-3-10;1-2/h9,12H,2-8H2,1H3;1-2H3. The molecule has 1 aliphatic carbocycles. The minimum absolute atomic E-state index is 0.256. The van der Waals surface area contributed by atoms with Crippen LogP contribution >= 0.6 is 0 Å². The highest BCUT2D eigenvalue weighted by Crippen LogP contribution is 2.45. The van der Waals surface area contributed by atoms with Crippen LogP contribution in [0.4, 0.5) is 0 Å². The lowest BCUT2D eigenvalue weighted by Crippen LogP contribution is -2.46.